The average molecular weight is 412 g/mol. The van der Waals surface area contributed by atoms with Crippen LogP contribution in [0.5, 0.6) is 23.0 Å². The number of H-pyrrole nitrogens is 1. The third kappa shape index (κ3) is 4.24. The largest absolute Gasteiger partial charge is 0.497 e. The molecule has 2 amide bonds. The van der Waals surface area contributed by atoms with Crippen molar-refractivity contribution in [2.24, 2.45) is 0 Å². The van der Waals surface area contributed by atoms with Gasteiger partial charge in [0.25, 0.3) is 0 Å². The van der Waals surface area contributed by atoms with Gasteiger partial charge < -0.3 is 29.6 Å². The molecule has 1 heterocycles. The van der Waals surface area contributed by atoms with E-state index in [0.29, 0.717) is 51.3 Å². The zero-order chi connectivity index (χ0) is 21.7. The van der Waals surface area contributed by atoms with E-state index in [9.17, 15) is 4.79 Å². The summed E-state index contributed by atoms with van der Waals surface area (Å²) in [5, 5.41) is 12.9. The maximum atomic E-state index is 12.7. The summed E-state index contributed by atoms with van der Waals surface area (Å²) < 4.78 is 21.3. The molecule has 3 N–H and O–H groups in total. The SMILES string of the molecule is COc1ccc(NC(=O)Nc2c(-c3cc(OC)ccc3OC)n[nH]c2C)c(OC)c1. The van der Waals surface area contributed by atoms with Gasteiger partial charge in [-0.2, -0.15) is 5.10 Å². The second kappa shape index (κ2) is 9.08. The molecule has 2 aromatic carbocycles. The zero-order valence-electron chi connectivity index (χ0n) is 17.5. The van der Waals surface area contributed by atoms with Crippen LogP contribution in [0.25, 0.3) is 11.3 Å². The van der Waals surface area contributed by atoms with E-state index in [4.69, 9.17) is 18.9 Å². The van der Waals surface area contributed by atoms with Gasteiger partial charge in [-0.05, 0) is 37.3 Å². The van der Waals surface area contributed by atoms with Crippen LogP contribution in [-0.4, -0.2) is 44.7 Å². The monoisotopic (exact) mass is 412 g/mol. The first-order chi connectivity index (χ1) is 14.5. The molecule has 0 radical (unpaired) electrons. The number of rotatable bonds is 7. The molecule has 3 rings (SSSR count). The van der Waals surface area contributed by atoms with Gasteiger partial charge >= 0.3 is 6.03 Å². The molecule has 30 heavy (non-hydrogen) atoms. The highest BCUT2D eigenvalue weighted by atomic mass is 16.5. The number of hydrogen-bond acceptors (Lipinski definition) is 6. The maximum absolute atomic E-state index is 12.7. The number of benzene rings is 2. The lowest BCUT2D eigenvalue weighted by Crippen LogP contribution is -2.20. The Labute approximate surface area is 174 Å². The van der Waals surface area contributed by atoms with Gasteiger partial charge in [-0.1, -0.05) is 0 Å². The van der Waals surface area contributed by atoms with E-state index in [1.54, 1.807) is 57.7 Å². The number of ether oxygens (including phenoxy) is 4. The minimum atomic E-state index is -0.453. The van der Waals surface area contributed by atoms with Crippen LogP contribution >= 0.6 is 0 Å². The molecule has 0 aliphatic rings. The predicted molar refractivity (Wildman–Crippen MR) is 114 cm³/mol. The first-order valence-corrected chi connectivity index (χ1v) is 9.08. The Morgan fingerprint density at radius 2 is 1.53 bits per heavy atom. The minimum Gasteiger partial charge on any atom is -0.497 e. The number of hydrogen-bond donors (Lipinski definition) is 3. The van der Waals surface area contributed by atoms with E-state index in [1.807, 2.05) is 6.92 Å². The molecular weight excluding hydrogens is 388 g/mol. The summed E-state index contributed by atoms with van der Waals surface area (Å²) in [6.45, 7) is 1.81. The predicted octanol–water partition coefficient (Wildman–Crippen LogP) is 4.06. The summed E-state index contributed by atoms with van der Waals surface area (Å²) >= 11 is 0. The molecular formula is C21H24N4O5. The van der Waals surface area contributed by atoms with Crippen LogP contribution in [-0.2, 0) is 0 Å². The maximum Gasteiger partial charge on any atom is 0.323 e. The van der Waals surface area contributed by atoms with Crippen molar-refractivity contribution < 1.29 is 23.7 Å². The minimum absolute atomic E-state index is 0.453. The van der Waals surface area contributed by atoms with Crippen molar-refractivity contribution in [3.63, 3.8) is 0 Å². The molecule has 0 saturated carbocycles. The Bertz CT molecular complexity index is 1050. The fourth-order valence-electron chi connectivity index (χ4n) is 2.95. The van der Waals surface area contributed by atoms with Gasteiger partial charge in [0.1, 0.15) is 28.7 Å². The molecule has 0 fully saturated rings. The molecule has 158 valence electrons. The highest BCUT2D eigenvalue weighted by Crippen LogP contribution is 2.37. The Kier molecular flexibility index (Phi) is 6.31. The normalized spacial score (nSPS) is 10.3. The zero-order valence-corrected chi connectivity index (χ0v) is 17.5. The second-order valence-corrected chi connectivity index (χ2v) is 6.28. The Morgan fingerprint density at radius 3 is 2.20 bits per heavy atom. The molecule has 0 aliphatic carbocycles. The Hall–Kier alpha value is -3.88. The average Bonchev–Trinajstić information content (AvgIpc) is 3.13. The number of amides is 2. The van der Waals surface area contributed by atoms with E-state index in [-0.39, 0.29) is 0 Å². The number of nitrogens with zero attached hydrogens (tertiary/aromatic N) is 1. The molecule has 0 aliphatic heterocycles. The van der Waals surface area contributed by atoms with Gasteiger partial charge in [0.15, 0.2) is 0 Å². The summed E-state index contributed by atoms with van der Waals surface area (Å²) in [7, 11) is 6.23. The van der Waals surface area contributed by atoms with Crippen LogP contribution in [0.15, 0.2) is 36.4 Å². The first kappa shape index (κ1) is 20.8. The quantitative estimate of drug-likeness (QED) is 0.540. The molecule has 0 atom stereocenters. The summed E-state index contributed by atoms with van der Waals surface area (Å²) in [5.41, 5.74) is 2.91. The van der Waals surface area contributed by atoms with Crippen LogP contribution in [0.4, 0.5) is 16.2 Å². The molecule has 0 unspecified atom stereocenters. The van der Waals surface area contributed by atoms with E-state index in [1.165, 1.54) is 7.11 Å². The van der Waals surface area contributed by atoms with Crippen LogP contribution < -0.4 is 29.6 Å². The standard InChI is InChI=1S/C21H24N4O5/c1-12-19(20(25-24-12)15-10-13(27-2)7-9-17(15)29-4)23-21(26)22-16-8-6-14(28-3)11-18(16)30-5/h6-11H,1-5H3,(H,24,25)(H2,22,23,26). The smallest absolute Gasteiger partial charge is 0.323 e. The van der Waals surface area contributed by atoms with Gasteiger partial charge in [0.2, 0.25) is 0 Å². The lowest BCUT2D eigenvalue weighted by molar-refractivity contribution is 0.262. The fraction of sp³-hybridized carbons (Fsp3) is 0.238. The molecule has 0 bridgehead atoms. The molecule has 3 aromatic rings. The Morgan fingerprint density at radius 1 is 0.867 bits per heavy atom. The number of anilines is 2. The Balaban J connectivity index is 1.89. The molecule has 1 aromatic heterocycles. The van der Waals surface area contributed by atoms with Gasteiger partial charge in [-0.25, -0.2) is 4.79 Å². The van der Waals surface area contributed by atoms with Crippen molar-refractivity contribution in [2.45, 2.75) is 6.92 Å². The van der Waals surface area contributed by atoms with Crippen molar-refractivity contribution in [2.75, 3.05) is 39.1 Å². The number of carbonyl (C=O) groups excluding carboxylic acids is 1. The van der Waals surface area contributed by atoms with Crippen molar-refractivity contribution in [3.8, 4) is 34.3 Å². The summed E-state index contributed by atoms with van der Waals surface area (Å²) in [4.78, 5) is 12.7. The molecule has 9 heteroatoms. The van der Waals surface area contributed by atoms with Gasteiger partial charge in [-0.15, -0.1) is 0 Å². The molecule has 0 saturated heterocycles. The lowest BCUT2D eigenvalue weighted by atomic mass is 10.1. The van der Waals surface area contributed by atoms with Gasteiger partial charge in [0, 0.05) is 11.6 Å². The van der Waals surface area contributed by atoms with E-state index >= 15 is 0 Å². The summed E-state index contributed by atoms with van der Waals surface area (Å²) in [6.07, 6.45) is 0. The van der Waals surface area contributed by atoms with Crippen LogP contribution in [0, 0.1) is 6.92 Å². The highest BCUT2D eigenvalue weighted by molar-refractivity contribution is 6.03. The lowest BCUT2D eigenvalue weighted by Gasteiger charge is -2.14. The number of methoxy groups -OCH3 is 4. The summed E-state index contributed by atoms with van der Waals surface area (Å²) in [5.74, 6) is 2.34. The molecule has 9 nitrogen and oxygen atoms in total. The van der Waals surface area contributed by atoms with Crippen molar-refractivity contribution in [3.05, 3.63) is 42.1 Å². The number of nitrogens with one attached hydrogen (secondary N) is 3. The van der Waals surface area contributed by atoms with Crippen molar-refractivity contribution >= 4 is 17.4 Å². The summed E-state index contributed by atoms with van der Waals surface area (Å²) in [6, 6.07) is 10.0. The van der Waals surface area contributed by atoms with E-state index in [2.05, 4.69) is 20.8 Å². The van der Waals surface area contributed by atoms with E-state index in [0.717, 1.165) is 0 Å². The topological polar surface area (TPSA) is 107 Å². The van der Waals surface area contributed by atoms with E-state index < -0.39 is 6.03 Å². The van der Waals surface area contributed by atoms with Crippen LogP contribution in [0.3, 0.4) is 0 Å². The number of aromatic nitrogens is 2. The number of aryl methyl sites for hydroxylation is 1. The third-order valence-electron chi connectivity index (χ3n) is 4.50. The highest BCUT2D eigenvalue weighted by Gasteiger charge is 2.19. The number of carbonyl (C=O) groups is 1. The second-order valence-electron chi connectivity index (χ2n) is 6.28. The van der Waals surface area contributed by atoms with Crippen LogP contribution in [0.1, 0.15) is 5.69 Å². The van der Waals surface area contributed by atoms with Crippen molar-refractivity contribution in [1.82, 2.24) is 10.2 Å². The van der Waals surface area contributed by atoms with Gasteiger partial charge in [0.05, 0.1) is 45.5 Å². The number of aromatic amines is 1. The molecule has 0 spiro atoms. The fourth-order valence-corrected chi connectivity index (χ4v) is 2.95. The number of urea groups is 1. The third-order valence-corrected chi connectivity index (χ3v) is 4.50. The first-order valence-electron chi connectivity index (χ1n) is 9.08. The van der Waals surface area contributed by atoms with Gasteiger partial charge in [-0.3, -0.25) is 5.10 Å². The van der Waals surface area contributed by atoms with Crippen LogP contribution in [0.2, 0.25) is 0 Å². The van der Waals surface area contributed by atoms with Crippen molar-refractivity contribution in [1.29, 1.82) is 0 Å².